The van der Waals surface area contributed by atoms with E-state index in [9.17, 15) is 9.59 Å². The summed E-state index contributed by atoms with van der Waals surface area (Å²) >= 11 is 0. The Morgan fingerprint density at radius 1 is 1.19 bits per heavy atom. The molecule has 3 amide bonds. The molecule has 1 rings (SSSR count). The van der Waals surface area contributed by atoms with E-state index in [1.165, 1.54) is 0 Å². The van der Waals surface area contributed by atoms with Crippen molar-refractivity contribution in [2.24, 2.45) is 0 Å². The molecule has 0 aromatic heterocycles. The monoisotopic (exact) mass is 293 g/mol. The number of nitrogens with one attached hydrogen (secondary N) is 3. The van der Waals surface area contributed by atoms with E-state index < -0.39 is 11.9 Å². The molecule has 0 unspecified atom stereocenters. The quantitative estimate of drug-likeness (QED) is 0.553. The highest BCUT2D eigenvalue weighted by atomic mass is 16.5. The summed E-state index contributed by atoms with van der Waals surface area (Å²) in [6.07, 6.45) is 1.90. The van der Waals surface area contributed by atoms with Crippen molar-refractivity contribution in [3.8, 4) is 5.75 Å². The fourth-order valence-corrected chi connectivity index (χ4v) is 1.69. The van der Waals surface area contributed by atoms with Crippen LogP contribution in [-0.2, 0) is 4.79 Å². The number of rotatable bonds is 6. The number of unbranched alkanes of at least 4 members (excludes halogenated alkanes) is 1. The van der Waals surface area contributed by atoms with Crippen LogP contribution in [0.25, 0.3) is 0 Å². The number of aryl methyl sites for hydroxylation is 2. The maximum Gasteiger partial charge on any atom is 0.333 e. The first-order valence-electron chi connectivity index (χ1n) is 7.05. The van der Waals surface area contributed by atoms with Gasteiger partial charge >= 0.3 is 6.03 Å². The van der Waals surface area contributed by atoms with E-state index >= 15 is 0 Å². The third-order valence-electron chi connectivity index (χ3n) is 2.82. The van der Waals surface area contributed by atoms with Crippen LogP contribution in [0.15, 0.2) is 18.2 Å². The number of hydrazine groups is 1. The molecule has 116 valence electrons. The first-order valence-corrected chi connectivity index (χ1v) is 7.05. The molecule has 0 fully saturated rings. The van der Waals surface area contributed by atoms with Gasteiger partial charge in [-0.15, -0.1) is 0 Å². The maximum absolute atomic E-state index is 11.6. The van der Waals surface area contributed by atoms with Crippen molar-refractivity contribution in [2.75, 3.05) is 13.2 Å². The van der Waals surface area contributed by atoms with Crippen molar-refractivity contribution in [1.82, 2.24) is 16.2 Å². The van der Waals surface area contributed by atoms with Crippen molar-refractivity contribution in [3.05, 3.63) is 29.3 Å². The van der Waals surface area contributed by atoms with E-state index in [4.69, 9.17) is 4.74 Å². The standard InChI is InChI=1S/C15H23N3O3/c1-4-5-8-16-15(20)18-17-14(19)10-21-13-7-6-11(2)9-12(13)3/h6-7,9H,4-5,8,10H2,1-3H3,(H,17,19)(H2,16,18,20). The minimum Gasteiger partial charge on any atom is -0.483 e. The van der Waals surface area contributed by atoms with E-state index in [-0.39, 0.29) is 6.61 Å². The van der Waals surface area contributed by atoms with Crippen molar-refractivity contribution in [2.45, 2.75) is 33.6 Å². The molecule has 0 aliphatic carbocycles. The molecule has 3 N–H and O–H groups in total. The Kier molecular flexibility index (Phi) is 7.08. The van der Waals surface area contributed by atoms with E-state index in [2.05, 4.69) is 16.2 Å². The van der Waals surface area contributed by atoms with Crippen LogP contribution in [0.3, 0.4) is 0 Å². The summed E-state index contributed by atoms with van der Waals surface area (Å²) in [7, 11) is 0. The number of hydrogen-bond donors (Lipinski definition) is 3. The Bertz CT molecular complexity index is 489. The lowest BCUT2D eigenvalue weighted by molar-refractivity contribution is -0.123. The molecule has 0 aliphatic rings. The van der Waals surface area contributed by atoms with Gasteiger partial charge in [0.05, 0.1) is 0 Å². The molecular weight excluding hydrogens is 270 g/mol. The van der Waals surface area contributed by atoms with Gasteiger partial charge in [0, 0.05) is 6.54 Å². The highest BCUT2D eigenvalue weighted by molar-refractivity contribution is 5.81. The van der Waals surface area contributed by atoms with Gasteiger partial charge in [0.25, 0.3) is 5.91 Å². The first kappa shape index (κ1) is 16.8. The van der Waals surface area contributed by atoms with Gasteiger partial charge in [0.15, 0.2) is 6.61 Å². The van der Waals surface area contributed by atoms with Crippen LogP contribution in [0, 0.1) is 13.8 Å². The Hall–Kier alpha value is -2.24. The summed E-state index contributed by atoms with van der Waals surface area (Å²) in [6, 6.07) is 5.29. The molecule has 0 saturated heterocycles. The van der Waals surface area contributed by atoms with E-state index in [1.54, 1.807) is 0 Å². The van der Waals surface area contributed by atoms with Gasteiger partial charge in [-0.2, -0.15) is 0 Å². The van der Waals surface area contributed by atoms with Crippen LogP contribution in [0.4, 0.5) is 4.79 Å². The lowest BCUT2D eigenvalue weighted by Crippen LogP contribution is -2.48. The molecule has 0 spiro atoms. The van der Waals surface area contributed by atoms with Gasteiger partial charge in [0.1, 0.15) is 5.75 Å². The predicted molar refractivity (Wildman–Crippen MR) is 81.0 cm³/mol. The second-order valence-corrected chi connectivity index (χ2v) is 4.84. The Balaban J connectivity index is 2.26. The van der Waals surface area contributed by atoms with Gasteiger partial charge in [-0.25, -0.2) is 10.2 Å². The Labute approximate surface area is 125 Å². The number of hydrogen-bond acceptors (Lipinski definition) is 3. The van der Waals surface area contributed by atoms with Gasteiger partial charge in [-0.05, 0) is 31.9 Å². The average Bonchev–Trinajstić information content (AvgIpc) is 2.44. The second kappa shape index (κ2) is 8.84. The SMILES string of the molecule is CCCCNC(=O)NNC(=O)COc1ccc(C)cc1C. The molecule has 21 heavy (non-hydrogen) atoms. The summed E-state index contributed by atoms with van der Waals surface area (Å²) in [6.45, 7) is 6.37. The van der Waals surface area contributed by atoms with Crippen molar-refractivity contribution >= 4 is 11.9 Å². The molecule has 0 aliphatic heterocycles. The smallest absolute Gasteiger partial charge is 0.333 e. The summed E-state index contributed by atoms with van der Waals surface area (Å²) in [4.78, 5) is 22.9. The number of ether oxygens (including phenoxy) is 1. The van der Waals surface area contributed by atoms with Crippen molar-refractivity contribution < 1.29 is 14.3 Å². The molecule has 0 saturated carbocycles. The molecule has 1 aromatic carbocycles. The summed E-state index contributed by atoms with van der Waals surface area (Å²) in [5.74, 6) is 0.240. The van der Waals surface area contributed by atoms with Gasteiger partial charge in [-0.1, -0.05) is 31.0 Å². The zero-order valence-electron chi connectivity index (χ0n) is 12.8. The summed E-state index contributed by atoms with van der Waals surface area (Å²) < 4.78 is 5.40. The van der Waals surface area contributed by atoms with Crippen LogP contribution < -0.4 is 20.9 Å². The highest BCUT2D eigenvalue weighted by Crippen LogP contribution is 2.18. The molecule has 0 heterocycles. The predicted octanol–water partition coefficient (Wildman–Crippen LogP) is 1.81. The number of carbonyl (C=O) groups is 2. The molecule has 6 nitrogen and oxygen atoms in total. The van der Waals surface area contributed by atoms with Crippen LogP contribution in [0.5, 0.6) is 5.75 Å². The van der Waals surface area contributed by atoms with Gasteiger partial charge in [-0.3, -0.25) is 10.2 Å². The molecule has 0 bridgehead atoms. The summed E-state index contributed by atoms with van der Waals surface area (Å²) in [5.41, 5.74) is 6.66. The molecular formula is C15H23N3O3. The van der Waals surface area contributed by atoms with Crippen molar-refractivity contribution in [3.63, 3.8) is 0 Å². The molecule has 1 aromatic rings. The fraction of sp³-hybridized carbons (Fsp3) is 0.467. The van der Waals surface area contributed by atoms with Crippen LogP contribution in [0.2, 0.25) is 0 Å². The van der Waals surface area contributed by atoms with E-state index in [1.807, 2.05) is 39.0 Å². The molecule has 0 radical (unpaired) electrons. The van der Waals surface area contributed by atoms with Gasteiger partial charge in [0.2, 0.25) is 0 Å². The minimum atomic E-state index is -0.427. The van der Waals surface area contributed by atoms with E-state index in [0.717, 1.165) is 24.0 Å². The molecule has 0 atom stereocenters. The van der Waals surface area contributed by atoms with Gasteiger partial charge < -0.3 is 10.1 Å². The molecule has 6 heteroatoms. The number of amides is 3. The lowest BCUT2D eigenvalue weighted by atomic mass is 10.1. The topological polar surface area (TPSA) is 79.5 Å². The van der Waals surface area contributed by atoms with Crippen molar-refractivity contribution in [1.29, 1.82) is 0 Å². The Morgan fingerprint density at radius 3 is 2.62 bits per heavy atom. The number of urea groups is 1. The third-order valence-corrected chi connectivity index (χ3v) is 2.82. The first-order chi connectivity index (χ1) is 10.0. The highest BCUT2D eigenvalue weighted by Gasteiger charge is 2.06. The number of benzene rings is 1. The van der Waals surface area contributed by atoms with Crippen LogP contribution in [-0.4, -0.2) is 25.1 Å². The van der Waals surface area contributed by atoms with Crippen LogP contribution >= 0.6 is 0 Å². The zero-order chi connectivity index (χ0) is 15.7. The fourth-order valence-electron chi connectivity index (χ4n) is 1.69. The summed E-state index contributed by atoms with van der Waals surface area (Å²) in [5, 5.41) is 2.62. The maximum atomic E-state index is 11.6. The Morgan fingerprint density at radius 2 is 1.95 bits per heavy atom. The normalized spacial score (nSPS) is 9.86. The lowest BCUT2D eigenvalue weighted by Gasteiger charge is -2.11. The largest absolute Gasteiger partial charge is 0.483 e. The van der Waals surface area contributed by atoms with E-state index in [0.29, 0.717) is 12.3 Å². The third kappa shape index (κ3) is 6.65. The zero-order valence-corrected chi connectivity index (χ0v) is 12.8. The van der Waals surface area contributed by atoms with Crippen LogP contribution in [0.1, 0.15) is 30.9 Å². The average molecular weight is 293 g/mol. The minimum absolute atomic E-state index is 0.154. The number of carbonyl (C=O) groups excluding carboxylic acids is 2. The second-order valence-electron chi connectivity index (χ2n) is 4.84.